The van der Waals surface area contributed by atoms with Crippen molar-refractivity contribution in [3.05, 3.63) is 71.5 Å². The first-order chi connectivity index (χ1) is 13.6. The van der Waals surface area contributed by atoms with Gasteiger partial charge in [-0.25, -0.2) is 4.98 Å². The van der Waals surface area contributed by atoms with Gasteiger partial charge >= 0.3 is 0 Å². The third-order valence-corrected chi connectivity index (χ3v) is 5.31. The second kappa shape index (κ2) is 7.74. The molecule has 1 aliphatic rings. The number of carbonyl (C=O) groups excluding carboxylic acids is 2. The highest BCUT2D eigenvalue weighted by molar-refractivity contribution is 7.14. The minimum Gasteiger partial charge on any atom is -0.311 e. The maximum Gasteiger partial charge on any atom is 0.228 e. The van der Waals surface area contributed by atoms with E-state index in [1.54, 1.807) is 23.5 Å². The number of anilines is 1. The van der Waals surface area contributed by atoms with Crippen LogP contribution in [0.15, 0.2) is 60.4 Å². The lowest BCUT2D eigenvalue weighted by Gasteiger charge is -2.32. The van der Waals surface area contributed by atoms with E-state index in [-0.39, 0.29) is 24.3 Å². The predicted molar refractivity (Wildman–Crippen MR) is 109 cm³/mol. The second-order valence-corrected chi connectivity index (χ2v) is 7.28. The predicted octanol–water partition coefficient (Wildman–Crippen LogP) is 4.11. The molecule has 0 aliphatic carbocycles. The molecule has 2 aromatic heterocycles. The molecule has 6 nitrogen and oxygen atoms in total. The molecule has 0 radical (unpaired) electrons. The van der Waals surface area contributed by atoms with Crippen LogP contribution in [0.3, 0.4) is 0 Å². The van der Waals surface area contributed by atoms with E-state index in [1.807, 2.05) is 47.9 Å². The van der Waals surface area contributed by atoms with E-state index >= 15 is 0 Å². The maximum atomic E-state index is 12.7. The van der Waals surface area contributed by atoms with Gasteiger partial charge in [0, 0.05) is 36.5 Å². The van der Waals surface area contributed by atoms with E-state index < -0.39 is 0 Å². The summed E-state index contributed by atoms with van der Waals surface area (Å²) in [6.07, 6.45) is 7.23. The van der Waals surface area contributed by atoms with Crippen molar-refractivity contribution < 1.29 is 9.59 Å². The zero-order valence-electron chi connectivity index (χ0n) is 15.2. The SMILES string of the molecule is CC(=O)N1C=Cc2ccccc2C1CC(=O)Nc1nc(-c2cccnc2)cs1. The fourth-order valence-electron chi connectivity index (χ4n) is 3.24. The van der Waals surface area contributed by atoms with Crippen molar-refractivity contribution >= 4 is 34.4 Å². The van der Waals surface area contributed by atoms with Crippen molar-refractivity contribution in [3.63, 3.8) is 0 Å². The average Bonchev–Trinajstić information content (AvgIpc) is 3.17. The molecule has 0 spiro atoms. The number of hydrogen-bond donors (Lipinski definition) is 1. The lowest BCUT2D eigenvalue weighted by Crippen LogP contribution is -2.33. The molecule has 7 heteroatoms. The van der Waals surface area contributed by atoms with Crippen molar-refractivity contribution in [3.8, 4) is 11.3 Å². The van der Waals surface area contributed by atoms with E-state index in [2.05, 4.69) is 15.3 Å². The minimum absolute atomic E-state index is 0.100. The Kier molecular flexibility index (Phi) is 4.99. The van der Waals surface area contributed by atoms with Gasteiger partial charge < -0.3 is 10.2 Å². The molecule has 1 N–H and O–H groups in total. The van der Waals surface area contributed by atoms with Crippen LogP contribution in [0.1, 0.15) is 30.5 Å². The van der Waals surface area contributed by atoms with Gasteiger partial charge in [0.15, 0.2) is 5.13 Å². The molecule has 1 aliphatic heterocycles. The molecule has 28 heavy (non-hydrogen) atoms. The van der Waals surface area contributed by atoms with Gasteiger partial charge in [-0.2, -0.15) is 0 Å². The number of pyridine rings is 1. The maximum absolute atomic E-state index is 12.7. The lowest BCUT2D eigenvalue weighted by atomic mass is 9.93. The van der Waals surface area contributed by atoms with Gasteiger partial charge in [-0.3, -0.25) is 14.6 Å². The third-order valence-electron chi connectivity index (χ3n) is 4.56. The fourth-order valence-corrected chi connectivity index (χ4v) is 3.97. The smallest absolute Gasteiger partial charge is 0.228 e. The van der Waals surface area contributed by atoms with Gasteiger partial charge in [0.05, 0.1) is 18.2 Å². The van der Waals surface area contributed by atoms with Gasteiger partial charge in [-0.15, -0.1) is 11.3 Å². The van der Waals surface area contributed by atoms with Crippen LogP contribution in [-0.4, -0.2) is 26.7 Å². The van der Waals surface area contributed by atoms with Crippen molar-refractivity contribution in [1.82, 2.24) is 14.9 Å². The summed E-state index contributed by atoms with van der Waals surface area (Å²) >= 11 is 1.36. The van der Waals surface area contributed by atoms with E-state index in [4.69, 9.17) is 0 Å². The van der Waals surface area contributed by atoms with E-state index in [0.717, 1.165) is 22.4 Å². The summed E-state index contributed by atoms with van der Waals surface area (Å²) in [6.45, 7) is 1.50. The summed E-state index contributed by atoms with van der Waals surface area (Å²) in [5.74, 6) is -0.287. The zero-order valence-corrected chi connectivity index (χ0v) is 16.0. The fraction of sp³-hybridized carbons (Fsp3) is 0.143. The van der Waals surface area contributed by atoms with Gasteiger partial charge in [0.1, 0.15) is 0 Å². The molecular weight excluding hydrogens is 372 g/mol. The first-order valence-electron chi connectivity index (χ1n) is 8.83. The second-order valence-electron chi connectivity index (χ2n) is 6.42. The van der Waals surface area contributed by atoms with Gasteiger partial charge in [-0.1, -0.05) is 24.3 Å². The number of amides is 2. The van der Waals surface area contributed by atoms with E-state index in [9.17, 15) is 9.59 Å². The van der Waals surface area contributed by atoms with Crippen molar-refractivity contribution in [2.24, 2.45) is 0 Å². The number of thiazole rings is 1. The highest BCUT2D eigenvalue weighted by atomic mass is 32.1. The van der Waals surface area contributed by atoms with Gasteiger partial charge in [-0.05, 0) is 29.3 Å². The summed E-state index contributed by atoms with van der Waals surface area (Å²) in [4.78, 5) is 34.9. The Morgan fingerprint density at radius 2 is 2.07 bits per heavy atom. The summed E-state index contributed by atoms with van der Waals surface area (Å²) in [5.41, 5.74) is 3.65. The highest BCUT2D eigenvalue weighted by Crippen LogP contribution is 2.33. The Morgan fingerprint density at radius 3 is 2.86 bits per heavy atom. The monoisotopic (exact) mass is 390 g/mol. The molecular formula is C21H18N4O2S. The van der Waals surface area contributed by atoms with Crippen LogP contribution >= 0.6 is 11.3 Å². The lowest BCUT2D eigenvalue weighted by molar-refractivity contribution is -0.129. The van der Waals surface area contributed by atoms with E-state index in [0.29, 0.717) is 5.13 Å². The number of fused-ring (bicyclic) bond motifs is 1. The zero-order chi connectivity index (χ0) is 19.5. The number of nitrogens with one attached hydrogen (secondary N) is 1. The topological polar surface area (TPSA) is 75.2 Å². The number of rotatable bonds is 4. The molecule has 0 bridgehead atoms. The standard InChI is InChI=1S/C21H18N4O2S/c1-14(26)25-10-8-15-5-2-3-7-17(15)19(25)11-20(27)24-21-23-18(13-28-21)16-6-4-9-22-12-16/h2-10,12-13,19H,11H2,1H3,(H,23,24,27). The summed E-state index contributed by atoms with van der Waals surface area (Å²) in [7, 11) is 0. The first kappa shape index (κ1) is 18.1. The summed E-state index contributed by atoms with van der Waals surface area (Å²) in [5, 5.41) is 5.26. The Balaban J connectivity index is 1.51. The molecule has 3 aromatic rings. The number of hydrogen-bond acceptors (Lipinski definition) is 5. The van der Waals surface area contributed by atoms with Crippen LogP contribution in [0.2, 0.25) is 0 Å². The Hall–Kier alpha value is -3.32. The Labute approximate surface area is 166 Å². The third kappa shape index (κ3) is 3.70. The van der Waals surface area contributed by atoms with Gasteiger partial charge in [0.2, 0.25) is 11.8 Å². The molecule has 2 amide bonds. The van der Waals surface area contributed by atoms with Crippen LogP contribution in [0, 0.1) is 0 Å². The van der Waals surface area contributed by atoms with Crippen LogP contribution in [0.25, 0.3) is 17.3 Å². The van der Waals surface area contributed by atoms with Crippen LogP contribution in [0.5, 0.6) is 0 Å². The Morgan fingerprint density at radius 1 is 1.21 bits per heavy atom. The molecule has 140 valence electrons. The number of nitrogens with zero attached hydrogens (tertiary/aromatic N) is 3. The summed E-state index contributed by atoms with van der Waals surface area (Å²) in [6, 6.07) is 11.2. The molecule has 4 rings (SSSR count). The minimum atomic E-state index is -0.337. The largest absolute Gasteiger partial charge is 0.311 e. The molecule has 1 unspecified atom stereocenters. The first-order valence-corrected chi connectivity index (χ1v) is 9.71. The van der Waals surface area contributed by atoms with Crippen molar-refractivity contribution in [1.29, 1.82) is 0 Å². The van der Waals surface area contributed by atoms with Crippen LogP contribution in [-0.2, 0) is 9.59 Å². The molecule has 1 atom stereocenters. The number of aromatic nitrogens is 2. The number of benzene rings is 1. The molecule has 1 aromatic carbocycles. The summed E-state index contributed by atoms with van der Waals surface area (Å²) < 4.78 is 0. The molecule has 0 saturated carbocycles. The molecule has 0 saturated heterocycles. The Bertz CT molecular complexity index is 1050. The number of carbonyl (C=O) groups is 2. The molecule has 0 fully saturated rings. The van der Waals surface area contributed by atoms with Crippen molar-refractivity contribution in [2.45, 2.75) is 19.4 Å². The van der Waals surface area contributed by atoms with E-state index in [1.165, 1.54) is 18.3 Å². The normalized spacial score (nSPS) is 15.2. The quantitative estimate of drug-likeness (QED) is 0.727. The highest BCUT2D eigenvalue weighted by Gasteiger charge is 2.28. The van der Waals surface area contributed by atoms with Crippen LogP contribution < -0.4 is 5.32 Å². The molecule has 3 heterocycles. The van der Waals surface area contributed by atoms with Crippen LogP contribution in [0.4, 0.5) is 5.13 Å². The van der Waals surface area contributed by atoms with Crippen molar-refractivity contribution in [2.75, 3.05) is 5.32 Å². The average molecular weight is 390 g/mol. The van der Waals surface area contributed by atoms with Gasteiger partial charge in [0.25, 0.3) is 0 Å².